The molecule has 8 heteroatoms. The maximum atomic E-state index is 11.9. The molecule has 2 atom stereocenters. The van der Waals surface area contributed by atoms with Gasteiger partial charge in [-0.1, -0.05) is 30.3 Å². The van der Waals surface area contributed by atoms with Gasteiger partial charge in [0.1, 0.15) is 5.25 Å². The average molecular weight is 327 g/mol. The standard InChI is InChI=1S/C14H21N3O4S/c18-14(13-8-12(10-17-13)22(19,20)21)16-7-6-15-9-11-4-2-1-3-5-11/h1-5,12-13,15,17H,6-10H2,(H,16,18)(H,19,20,21)/t12-,13+/m1/s1. The molecular weight excluding hydrogens is 306 g/mol. The second kappa shape index (κ2) is 7.68. The molecule has 0 saturated carbocycles. The van der Waals surface area contributed by atoms with Crippen molar-refractivity contribution in [1.29, 1.82) is 0 Å². The Bertz CT molecular complexity index is 591. The van der Waals surface area contributed by atoms with Crippen molar-refractivity contribution in [3.63, 3.8) is 0 Å². The summed E-state index contributed by atoms with van der Waals surface area (Å²) in [6.07, 6.45) is 0.0993. The maximum absolute atomic E-state index is 11.9. The first kappa shape index (κ1) is 16.9. The molecule has 2 rings (SSSR count). The Balaban J connectivity index is 1.62. The third kappa shape index (κ3) is 5.06. The molecule has 1 saturated heterocycles. The summed E-state index contributed by atoms with van der Waals surface area (Å²) in [6, 6.07) is 9.36. The molecule has 1 aliphatic rings. The van der Waals surface area contributed by atoms with Gasteiger partial charge in [0.05, 0.1) is 6.04 Å². The number of nitrogens with one attached hydrogen (secondary N) is 3. The van der Waals surface area contributed by atoms with E-state index in [1.165, 1.54) is 5.56 Å². The Labute approximate surface area is 130 Å². The molecule has 22 heavy (non-hydrogen) atoms. The molecule has 0 bridgehead atoms. The minimum atomic E-state index is -4.08. The van der Waals surface area contributed by atoms with Crippen LogP contribution in [-0.2, 0) is 21.5 Å². The van der Waals surface area contributed by atoms with Gasteiger partial charge in [0, 0.05) is 26.2 Å². The van der Waals surface area contributed by atoms with Crippen LogP contribution >= 0.6 is 0 Å². The average Bonchev–Trinajstić information content (AvgIpc) is 2.98. The van der Waals surface area contributed by atoms with Crippen molar-refractivity contribution in [3.8, 4) is 0 Å². The van der Waals surface area contributed by atoms with Crippen molar-refractivity contribution >= 4 is 16.0 Å². The van der Waals surface area contributed by atoms with Crippen LogP contribution in [0.25, 0.3) is 0 Å². The highest BCUT2D eigenvalue weighted by Crippen LogP contribution is 2.13. The summed E-state index contributed by atoms with van der Waals surface area (Å²) >= 11 is 0. The van der Waals surface area contributed by atoms with Crippen LogP contribution in [0.15, 0.2) is 30.3 Å². The minimum absolute atomic E-state index is 0.0993. The first-order valence-corrected chi connectivity index (χ1v) is 8.69. The van der Waals surface area contributed by atoms with E-state index in [1.54, 1.807) is 0 Å². The summed E-state index contributed by atoms with van der Waals surface area (Å²) in [7, 11) is -4.08. The van der Waals surface area contributed by atoms with Gasteiger partial charge in [-0.3, -0.25) is 9.35 Å². The third-order valence-corrected chi connectivity index (χ3v) is 4.80. The van der Waals surface area contributed by atoms with Crippen molar-refractivity contribution in [1.82, 2.24) is 16.0 Å². The van der Waals surface area contributed by atoms with Gasteiger partial charge in [-0.25, -0.2) is 0 Å². The Morgan fingerprint density at radius 1 is 1.27 bits per heavy atom. The highest BCUT2D eigenvalue weighted by Gasteiger charge is 2.36. The molecule has 0 spiro atoms. The fourth-order valence-corrected chi connectivity index (χ4v) is 3.10. The van der Waals surface area contributed by atoms with Crippen LogP contribution in [0.1, 0.15) is 12.0 Å². The zero-order chi connectivity index (χ0) is 16.0. The van der Waals surface area contributed by atoms with Gasteiger partial charge in [0.15, 0.2) is 0 Å². The summed E-state index contributed by atoms with van der Waals surface area (Å²) in [5.74, 6) is -0.243. The summed E-state index contributed by atoms with van der Waals surface area (Å²) in [5.41, 5.74) is 1.17. The van der Waals surface area contributed by atoms with Crippen molar-refractivity contribution < 1.29 is 17.8 Å². The molecule has 1 heterocycles. The summed E-state index contributed by atoms with van der Waals surface area (Å²) in [6.45, 7) is 1.90. The number of benzene rings is 1. The van der Waals surface area contributed by atoms with Crippen LogP contribution in [0.2, 0.25) is 0 Å². The SMILES string of the molecule is O=C(NCCNCc1ccccc1)[C@@H]1C[C@@H](S(=O)(=O)O)CN1. The van der Waals surface area contributed by atoms with E-state index >= 15 is 0 Å². The quantitative estimate of drug-likeness (QED) is 0.398. The molecule has 1 aromatic carbocycles. The van der Waals surface area contributed by atoms with Gasteiger partial charge in [-0.2, -0.15) is 8.42 Å². The molecule has 0 aromatic heterocycles. The number of amides is 1. The molecule has 1 fully saturated rings. The maximum Gasteiger partial charge on any atom is 0.269 e. The Hall–Kier alpha value is -1.48. The van der Waals surface area contributed by atoms with E-state index in [0.29, 0.717) is 13.1 Å². The summed E-state index contributed by atoms with van der Waals surface area (Å²) in [5, 5.41) is 7.86. The molecule has 1 aromatic rings. The Morgan fingerprint density at radius 2 is 2.00 bits per heavy atom. The lowest BCUT2D eigenvalue weighted by molar-refractivity contribution is -0.122. The van der Waals surface area contributed by atoms with E-state index in [-0.39, 0.29) is 18.9 Å². The van der Waals surface area contributed by atoms with Crippen LogP contribution in [0.4, 0.5) is 0 Å². The number of carbonyl (C=O) groups is 1. The second-order valence-corrected chi connectivity index (χ2v) is 6.98. The molecule has 4 N–H and O–H groups in total. The highest BCUT2D eigenvalue weighted by atomic mass is 32.2. The van der Waals surface area contributed by atoms with Crippen LogP contribution < -0.4 is 16.0 Å². The number of carbonyl (C=O) groups excluding carboxylic acids is 1. The van der Waals surface area contributed by atoms with Crippen LogP contribution in [0.3, 0.4) is 0 Å². The smallest absolute Gasteiger partial charge is 0.269 e. The fraction of sp³-hybridized carbons (Fsp3) is 0.500. The van der Waals surface area contributed by atoms with E-state index in [1.807, 2.05) is 30.3 Å². The third-order valence-electron chi connectivity index (χ3n) is 3.60. The van der Waals surface area contributed by atoms with Gasteiger partial charge in [0.25, 0.3) is 10.1 Å². The van der Waals surface area contributed by atoms with Gasteiger partial charge < -0.3 is 16.0 Å². The highest BCUT2D eigenvalue weighted by molar-refractivity contribution is 7.86. The van der Waals surface area contributed by atoms with Gasteiger partial charge >= 0.3 is 0 Å². The zero-order valence-electron chi connectivity index (χ0n) is 12.2. The molecule has 0 radical (unpaired) electrons. The molecule has 1 amide bonds. The normalized spacial score (nSPS) is 21.7. The molecule has 7 nitrogen and oxygen atoms in total. The molecular formula is C14H21N3O4S. The van der Waals surface area contributed by atoms with Crippen molar-refractivity contribution in [2.45, 2.75) is 24.3 Å². The zero-order valence-corrected chi connectivity index (χ0v) is 13.0. The fourth-order valence-electron chi connectivity index (χ4n) is 2.36. The Kier molecular flexibility index (Phi) is 5.90. The molecule has 0 aliphatic carbocycles. The first-order chi connectivity index (χ1) is 10.5. The van der Waals surface area contributed by atoms with Crippen LogP contribution in [-0.4, -0.2) is 49.8 Å². The minimum Gasteiger partial charge on any atom is -0.353 e. The van der Waals surface area contributed by atoms with Crippen LogP contribution in [0, 0.1) is 0 Å². The lowest BCUT2D eigenvalue weighted by Gasteiger charge is -2.11. The van der Waals surface area contributed by atoms with E-state index in [4.69, 9.17) is 4.55 Å². The van der Waals surface area contributed by atoms with Gasteiger partial charge in [-0.15, -0.1) is 0 Å². The van der Waals surface area contributed by atoms with E-state index in [2.05, 4.69) is 16.0 Å². The topological polar surface area (TPSA) is 108 Å². The largest absolute Gasteiger partial charge is 0.353 e. The number of rotatable bonds is 7. The molecule has 1 aliphatic heterocycles. The Morgan fingerprint density at radius 3 is 2.64 bits per heavy atom. The van der Waals surface area contributed by atoms with Crippen molar-refractivity contribution in [3.05, 3.63) is 35.9 Å². The monoisotopic (exact) mass is 327 g/mol. The van der Waals surface area contributed by atoms with E-state index in [0.717, 1.165) is 6.54 Å². The second-order valence-electron chi connectivity index (χ2n) is 5.29. The van der Waals surface area contributed by atoms with E-state index in [9.17, 15) is 13.2 Å². The molecule has 122 valence electrons. The van der Waals surface area contributed by atoms with Crippen molar-refractivity contribution in [2.75, 3.05) is 19.6 Å². The summed E-state index contributed by atoms with van der Waals surface area (Å²) in [4.78, 5) is 11.9. The van der Waals surface area contributed by atoms with Gasteiger partial charge in [0.2, 0.25) is 5.91 Å². The van der Waals surface area contributed by atoms with Crippen molar-refractivity contribution in [2.24, 2.45) is 0 Å². The lowest BCUT2D eigenvalue weighted by atomic mass is 10.2. The predicted octanol–water partition coefficient (Wildman–Crippen LogP) is -0.489. The van der Waals surface area contributed by atoms with Gasteiger partial charge in [-0.05, 0) is 12.0 Å². The lowest BCUT2D eigenvalue weighted by Crippen LogP contribution is -2.42. The predicted molar refractivity (Wildman–Crippen MR) is 82.9 cm³/mol. The number of hydrogen-bond acceptors (Lipinski definition) is 5. The van der Waals surface area contributed by atoms with Crippen LogP contribution in [0.5, 0.6) is 0 Å². The van der Waals surface area contributed by atoms with E-state index < -0.39 is 21.4 Å². The first-order valence-electron chi connectivity index (χ1n) is 7.19. The summed E-state index contributed by atoms with van der Waals surface area (Å²) < 4.78 is 31.0. The number of hydrogen-bond donors (Lipinski definition) is 4. The molecule has 0 unspecified atom stereocenters.